The summed E-state index contributed by atoms with van der Waals surface area (Å²) in [6.07, 6.45) is 0.279. The Labute approximate surface area is 213 Å². The minimum Gasteiger partial charge on any atom is -0.438 e. The number of hydrogen-bond donors (Lipinski definition) is 3. The molecule has 10 nitrogen and oxygen atoms in total. The molecule has 2 amide bonds. The molecule has 0 aliphatic carbocycles. The molecular weight excluding hydrogens is 484 g/mol. The van der Waals surface area contributed by atoms with Crippen molar-refractivity contribution in [1.82, 2.24) is 20.4 Å². The maximum absolute atomic E-state index is 13.3. The number of aliphatic imine (C=N–C) groups is 1. The third kappa shape index (κ3) is 6.35. The molecule has 1 aliphatic rings. The summed E-state index contributed by atoms with van der Waals surface area (Å²) >= 11 is 6.00. The van der Waals surface area contributed by atoms with Crippen LogP contribution < -0.4 is 15.4 Å². The minimum atomic E-state index is -0.732. The Morgan fingerprint density at radius 1 is 1.11 bits per heavy atom. The number of carbonyl (C=O) groups is 2. The first-order valence-electron chi connectivity index (χ1n) is 11.3. The zero-order valence-electron chi connectivity index (χ0n) is 19.5. The monoisotopic (exact) mass is 508 g/mol. The molecule has 0 radical (unpaired) electrons. The van der Waals surface area contributed by atoms with Gasteiger partial charge in [0.15, 0.2) is 0 Å². The van der Waals surface area contributed by atoms with Gasteiger partial charge < -0.3 is 20.5 Å². The Hall–Kier alpha value is -4.02. The fraction of sp³-hybridized carbons (Fsp3) is 0.240. The molecule has 3 aromatic rings. The predicted molar refractivity (Wildman–Crippen MR) is 135 cm³/mol. The molecule has 1 unspecified atom stereocenters. The molecule has 0 spiro atoms. The van der Waals surface area contributed by atoms with E-state index in [1.54, 1.807) is 55.5 Å². The van der Waals surface area contributed by atoms with Gasteiger partial charge in [0.05, 0.1) is 25.4 Å². The van der Waals surface area contributed by atoms with Crippen LogP contribution in [-0.4, -0.2) is 50.6 Å². The highest BCUT2D eigenvalue weighted by molar-refractivity contribution is 6.30. The molecule has 11 heteroatoms. The number of ether oxygens (including phenoxy) is 1. The summed E-state index contributed by atoms with van der Waals surface area (Å²) in [5, 5.41) is 23.4. The van der Waals surface area contributed by atoms with Gasteiger partial charge in [0.2, 0.25) is 17.7 Å². The summed E-state index contributed by atoms with van der Waals surface area (Å²) < 4.78 is 5.68. The zero-order chi connectivity index (χ0) is 25.5. The van der Waals surface area contributed by atoms with Crippen molar-refractivity contribution in [3.63, 3.8) is 0 Å². The average Bonchev–Trinajstić information content (AvgIpc) is 2.90. The highest BCUT2D eigenvalue weighted by Gasteiger charge is 2.33. The van der Waals surface area contributed by atoms with Crippen LogP contribution in [-0.2, 0) is 22.7 Å². The number of anilines is 1. The number of hydrogen-bond acceptors (Lipinski definition) is 8. The van der Waals surface area contributed by atoms with E-state index in [4.69, 9.17) is 21.4 Å². The first kappa shape index (κ1) is 25.1. The summed E-state index contributed by atoms with van der Waals surface area (Å²) in [6, 6.07) is 16.7. The minimum absolute atomic E-state index is 0.133. The van der Waals surface area contributed by atoms with Crippen LogP contribution in [0, 0.1) is 0 Å². The molecule has 0 fully saturated rings. The van der Waals surface area contributed by atoms with Crippen LogP contribution in [0.1, 0.15) is 24.6 Å². The van der Waals surface area contributed by atoms with E-state index in [-0.39, 0.29) is 37.9 Å². The molecule has 4 rings (SSSR count). The van der Waals surface area contributed by atoms with Crippen molar-refractivity contribution in [2.24, 2.45) is 4.99 Å². The van der Waals surface area contributed by atoms with Crippen LogP contribution in [0.3, 0.4) is 0 Å². The Kier molecular flexibility index (Phi) is 8.09. The van der Waals surface area contributed by atoms with Crippen molar-refractivity contribution in [1.29, 1.82) is 0 Å². The number of aliphatic hydroxyl groups excluding tert-OH is 1. The largest absolute Gasteiger partial charge is 0.438 e. The Morgan fingerprint density at radius 3 is 2.50 bits per heavy atom. The molecule has 1 aromatic heterocycles. The van der Waals surface area contributed by atoms with E-state index in [0.717, 1.165) is 5.56 Å². The van der Waals surface area contributed by atoms with Crippen LogP contribution in [0.25, 0.3) is 0 Å². The predicted octanol–water partition coefficient (Wildman–Crippen LogP) is 3.12. The van der Waals surface area contributed by atoms with Crippen LogP contribution in [0.2, 0.25) is 5.02 Å². The van der Waals surface area contributed by atoms with E-state index in [0.29, 0.717) is 34.0 Å². The lowest BCUT2D eigenvalue weighted by Crippen LogP contribution is -2.56. The first-order chi connectivity index (χ1) is 17.4. The van der Waals surface area contributed by atoms with Crippen LogP contribution in [0.15, 0.2) is 65.7 Å². The smallest absolute Gasteiger partial charge is 0.254 e. The second-order valence-electron chi connectivity index (χ2n) is 7.96. The lowest BCUT2D eigenvalue weighted by Gasteiger charge is -2.32. The summed E-state index contributed by atoms with van der Waals surface area (Å²) in [5.41, 5.74) is 2.00. The van der Waals surface area contributed by atoms with E-state index in [9.17, 15) is 9.59 Å². The van der Waals surface area contributed by atoms with E-state index >= 15 is 0 Å². The number of aliphatic hydroxyl groups is 1. The van der Waals surface area contributed by atoms with Gasteiger partial charge in [0.25, 0.3) is 5.91 Å². The highest BCUT2D eigenvalue weighted by atomic mass is 35.5. The van der Waals surface area contributed by atoms with Crippen LogP contribution >= 0.6 is 11.6 Å². The molecule has 0 saturated heterocycles. The molecule has 0 bridgehead atoms. The van der Waals surface area contributed by atoms with Crippen molar-refractivity contribution < 1.29 is 19.4 Å². The van der Waals surface area contributed by atoms with Crippen molar-refractivity contribution in [2.45, 2.75) is 32.5 Å². The fourth-order valence-electron chi connectivity index (χ4n) is 3.41. The topological polar surface area (TPSA) is 129 Å². The second-order valence-corrected chi connectivity index (χ2v) is 8.40. The normalized spacial score (nSPS) is 15.3. The molecule has 3 N–H and O–H groups in total. The number of benzene rings is 2. The first-order valence-corrected chi connectivity index (χ1v) is 11.7. The number of aromatic nitrogens is 2. The summed E-state index contributed by atoms with van der Waals surface area (Å²) in [5.74, 6) is 0.737. The molecule has 2 heterocycles. The zero-order valence-corrected chi connectivity index (χ0v) is 20.3. The van der Waals surface area contributed by atoms with Crippen LogP contribution in [0.5, 0.6) is 11.6 Å². The van der Waals surface area contributed by atoms with Crippen molar-refractivity contribution in [2.75, 3.05) is 11.9 Å². The SMILES string of the molecule is CCC(=O)NC1CN=C(Nc2ccc(Oc3ccc(CO)nn3)cc2)N(Cc2ccc(Cl)cc2)C1=O. The Bertz CT molecular complexity index is 1230. The van der Waals surface area contributed by atoms with Gasteiger partial charge in [-0.3, -0.25) is 14.5 Å². The van der Waals surface area contributed by atoms with Gasteiger partial charge in [-0.2, -0.15) is 0 Å². The number of nitrogens with zero attached hydrogens (tertiary/aromatic N) is 4. The van der Waals surface area contributed by atoms with E-state index in [2.05, 4.69) is 25.8 Å². The van der Waals surface area contributed by atoms with Gasteiger partial charge in [0, 0.05) is 23.2 Å². The standard InChI is InChI=1S/C25H25ClN6O4/c1-2-22(34)29-21-13-27-25(32(24(21)35)14-16-3-5-17(26)6-4-16)28-18-7-10-20(11-8-18)36-23-12-9-19(15-33)30-31-23/h3-12,21,33H,2,13-15H2,1H3,(H,27,28)(H,29,34). The number of halogens is 1. The molecule has 1 atom stereocenters. The maximum atomic E-state index is 13.3. The van der Waals surface area contributed by atoms with E-state index in [1.165, 1.54) is 4.90 Å². The van der Waals surface area contributed by atoms with Gasteiger partial charge in [0.1, 0.15) is 11.8 Å². The van der Waals surface area contributed by atoms with Gasteiger partial charge in [-0.1, -0.05) is 30.7 Å². The molecule has 0 saturated carbocycles. The van der Waals surface area contributed by atoms with Gasteiger partial charge in [-0.25, -0.2) is 4.99 Å². The summed E-state index contributed by atoms with van der Waals surface area (Å²) in [4.78, 5) is 31.2. The average molecular weight is 509 g/mol. The molecule has 1 aliphatic heterocycles. The molecule has 36 heavy (non-hydrogen) atoms. The number of nitrogens with one attached hydrogen (secondary N) is 2. The summed E-state index contributed by atoms with van der Waals surface area (Å²) in [7, 11) is 0. The quantitative estimate of drug-likeness (QED) is 0.426. The maximum Gasteiger partial charge on any atom is 0.254 e. The number of rotatable bonds is 8. The van der Waals surface area contributed by atoms with Crippen molar-refractivity contribution in [3.8, 4) is 11.6 Å². The van der Waals surface area contributed by atoms with Crippen LogP contribution in [0.4, 0.5) is 5.69 Å². The second kappa shape index (κ2) is 11.6. The van der Waals surface area contributed by atoms with Gasteiger partial charge in [-0.15, -0.1) is 10.2 Å². The Balaban J connectivity index is 1.49. The lowest BCUT2D eigenvalue weighted by atomic mass is 10.1. The van der Waals surface area contributed by atoms with E-state index in [1.807, 2.05) is 12.1 Å². The Morgan fingerprint density at radius 2 is 1.86 bits per heavy atom. The molecular formula is C25H25ClN6O4. The summed E-state index contributed by atoms with van der Waals surface area (Å²) in [6.45, 7) is 1.92. The van der Waals surface area contributed by atoms with Gasteiger partial charge in [-0.05, 0) is 48.0 Å². The fourth-order valence-corrected chi connectivity index (χ4v) is 3.54. The molecule has 186 valence electrons. The van der Waals surface area contributed by atoms with Crippen molar-refractivity contribution in [3.05, 3.63) is 76.9 Å². The number of carbonyl (C=O) groups excluding carboxylic acids is 2. The highest BCUT2D eigenvalue weighted by Crippen LogP contribution is 2.22. The lowest BCUT2D eigenvalue weighted by molar-refractivity contribution is -0.133. The molecule has 2 aromatic carbocycles. The third-order valence-corrected chi connectivity index (χ3v) is 5.60. The van der Waals surface area contributed by atoms with Gasteiger partial charge >= 0.3 is 0 Å². The number of amides is 2. The van der Waals surface area contributed by atoms with Crippen molar-refractivity contribution >= 4 is 35.1 Å². The number of guanidine groups is 1. The van der Waals surface area contributed by atoms with E-state index < -0.39 is 6.04 Å². The third-order valence-electron chi connectivity index (χ3n) is 5.34.